The van der Waals surface area contributed by atoms with Crippen molar-refractivity contribution in [1.82, 2.24) is 14.9 Å². The Hall–Kier alpha value is -3.30. The highest BCUT2D eigenvalue weighted by atomic mass is 35.5. The number of piperidine rings is 1. The Kier molecular flexibility index (Phi) is 7.54. The second-order valence-electron chi connectivity index (χ2n) is 7.86. The van der Waals surface area contributed by atoms with E-state index >= 15 is 0 Å². The van der Waals surface area contributed by atoms with E-state index in [-0.39, 0.29) is 10.9 Å². The van der Waals surface area contributed by atoms with Gasteiger partial charge in [-0.05, 0) is 43.5 Å². The minimum absolute atomic E-state index is 0.0200. The van der Waals surface area contributed by atoms with Gasteiger partial charge in [0.05, 0.1) is 23.3 Å². The number of carbonyl (C=O) groups excluding carboxylic acids is 1. The molecule has 1 amide bonds. The number of likely N-dealkylation sites (tertiary alicyclic amines) is 1. The number of benzene rings is 2. The molecule has 0 radical (unpaired) electrons. The highest BCUT2D eigenvalue weighted by molar-refractivity contribution is 6.31. The van der Waals surface area contributed by atoms with Crippen LogP contribution >= 0.6 is 11.6 Å². The Morgan fingerprint density at radius 2 is 2.15 bits per heavy atom. The van der Waals surface area contributed by atoms with Crippen LogP contribution in [0.25, 0.3) is 10.9 Å². The highest BCUT2D eigenvalue weighted by Gasteiger charge is 2.20. The van der Waals surface area contributed by atoms with Gasteiger partial charge in [-0.2, -0.15) is 0 Å². The van der Waals surface area contributed by atoms with E-state index in [0.29, 0.717) is 53.4 Å². The number of anilines is 3. The van der Waals surface area contributed by atoms with Crippen molar-refractivity contribution < 1.29 is 18.3 Å². The van der Waals surface area contributed by atoms with Crippen molar-refractivity contribution in [1.29, 1.82) is 0 Å². The predicted molar refractivity (Wildman–Crippen MR) is 129 cm³/mol. The third-order valence-electron chi connectivity index (χ3n) is 5.54. The molecule has 1 saturated heterocycles. The van der Waals surface area contributed by atoms with Crippen molar-refractivity contribution in [2.45, 2.75) is 25.6 Å². The van der Waals surface area contributed by atoms with Gasteiger partial charge in [0, 0.05) is 36.3 Å². The maximum atomic E-state index is 13.9. The number of halogens is 3. The number of nitrogens with zero attached hydrogens (tertiary/aromatic N) is 3. The molecule has 34 heavy (non-hydrogen) atoms. The van der Waals surface area contributed by atoms with Gasteiger partial charge in [-0.1, -0.05) is 17.7 Å². The fraction of sp³-hybridized carbons (Fsp3) is 0.292. The van der Waals surface area contributed by atoms with Gasteiger partial charge in [-0.15, -0.1) is 0 Å². The molecule has 1 aliphatic heterocycles. The average Bonchev–Trinajstić information content (AvgIpc) is 2.82. The number of hydrogen-bond acceptors (Lipinski definition) is 6. The minimum Gasteiger partial charge on any atom is -0.494 e. The number of aromatic nitrogens is 2. The summed E-state index contributed by atoms with van der Waals surface area (Å²) < 4.78 is 32.8. The molecular weight excluding hydrogens is 464 g/mol. The third-order valence-corrected chi connectivity index (χ3v) is 5.83. The van der Waals surface area contributed by atoms with Crippen LogP contribution in [0.15, 0.2) is 48.8 Å². The summed E-state index contributed by atoms with van der Waals surface area (Å²) in [5.74, 6) is -0.0318. The molecule has 178 valence electrons. The molecule has 3 aromatic rings. The average molecular weight is 488 g/mol. The SMILES string of the molecule is COc1cc2ncnc(Nc3ccc(F)c(Cl)c3)c2cc1NC(=O)C=CCN1CCCCC1F. The van der Waals surface area contributed by atoms with Crippen LogP contribution in [0.2, 0.25) is 5.02 Å². The van der Waals surface area contributed by atoms with Crippen LogP contribution in [0, 0.1) is 5.82 Å². The van der Waals surface area contributed by atoms with Crippen molar-refractivity contribution in [2.75, 3.05) is 30.8 Å². The first-order valence-corrected chi connectivity index (χ1v) is 11.2. The first kappa shape index (κ1) is 23.8. The van der Waals surface area contributed by atoms with Crippen LogP contribution in [0.5, 0.6) is 5.75 Å². The Morgan fingerprint density at radius 3 is 2.91 bits per heavy atom. The lowest BCUT2D eigenvalue weighted by Gasteiger charge is -2.29. The largest absolute Gasteiger partial charge is 0.494 e. The monoisotopic (exact) mass is 487 g/mol. The van der Waals surface area contributed by atoms with E-state index in [2.05, 4.69) is 20.6 Å². The van der Waals surface area contributed by atoms with E-state index in [1.54, 1.807) is 23.1 Å². The smallest absolute Gasteiger partial charge is 0.248 e. The lowest BCUT2D eigenvalue weighted by atomic mass is 10.1. The van der Waals surface area contributed by atoms with Gasteiger partial charge < -0.3 is 15.4 Å². The zero-order chi connectivity index (χ0) is 24.1. The first-order chi connectivity index (χ1) is 16.4. The Balaban J connectivity index is 1.54. The molecule has 0 spiro atoms. The number of rotatable bonds is 7. The van der Waals surface area contributed by atoms with E-state index in [4.69, 9.17) is 16.3 Å². The summed E-state index contributed by atoms with van der Waals surface area (Å²) in [7, 11) is 1.49. The topological polar surface area (TPSA) is 79.4 Å². The summed E-state index contributed by atoms with van der Waals surface area (Å²) in [4.78, 5) is 22.8. The van der Waals surface area contributed by atoms with Gasteiger partial charge in [0.1, 0.15) is 23.7 Å². The first-order valence-electron chi connectivity index (χ1n) is 10.8. The van der Waals surface area contributed by atoms with Crippen molar-refractivity contribution in [3.63, 3.8) is 0 Å². The fourth-order valence-corrected chi connectivity index (χ4v) is 3.97. The van der Waals surface area contributed by atoms with Gasteiger partial charge in [-0.25, -0.2) is 18.7 Å². The van der Waals surface area contributed by atoms with Gasteiger partial charge >= 0.3 is 0 Å². The zero-order valence-electron chi connectivity index (χ0n) is 18.5. The second-order valence-corrected chi connectivity index (χ2v) is 8.27. The summed E-state index contributed by atoms with van der Waals surface area (Å²) >= 11 is 5.88. The van der Waals surface area contributed by atoms with Crippen molar-refractivity contribution in [3.05, 3.63) is 59.7 Å². The number of hydrogen-bond donors (Lipinski definition) is 2. The molecule has 1 atom stereocenters. The molecule has 1 aliphatic rings. The highest BCUT2D eigenvalue weighted by Crippen LogP contribution is 2.33. The molecule has 4 rings (SSSR count). The number of carbonyl (C=O) groups is 1. The molecular formula is C24H24ClF2N5O2. The summed E-state index contributed by atoms with van der Waals surface area (Å²) in [5.41, 5.74) is 1.54. The maximum absolute atomic E-state index is 13.9. The van der Waals surface area contributed by atoms with E-state index < -0.39 is 12.1 Å². The van der Waals surface area contributed by atoms with E-state index in [9.17, 15) is 13.6 Å². The van der Waals surface area contributed by atoms with Crippen molar-refractivity contribution >= 4 is 45.6 Å². The molecule has 0 aliphatic carbocycles. The molecule has 0 bridgehead atoms. The molecule has 7 nitrogen and oxygen atoms in total. The fourth-order valence-electron chi connectivity index (χ4n) is 3.79. The number of amides is 1. The van der Waals surface area contributed by atoms with Gasteiger partial charge in [0.15, 0.2) is 6.30 Å². The molecule has 10 heteroatoms. The van der Waals surface area contributed by atoms with Crippen LogP contribution in [-0.2, 0) is 4.79 Å². The molecule has 2 N–H and O–H groups in total. The minimum atomic E-state index is -0.969. The van der Waals surface area contributed by atoms with Gasteiger partial charge in [0.25, 0.3) is 0 Å². The molecule has 1 unspecified atom stereocenters. The maximum Gasteiger partial charge on any atom is 0.248 e. The Morgan fingerprint density at radius 1 is 1.29 bits per heavy atom. The van der Waals surface area contributed by atoms with Crippen LogP contribution in [0.1, 0.15) is 19.3 Å². The summed E-state index contributed by atoms with van der Waals surface area (Å²) in [6.45, 7) is 1.05. The van der Waals surface area contributed by atoms with Crippen LogP contribution in [0.4, 0.5) is 26.0 Å². The predicted octanol–water partition coefficient (Wildman–Crippen LogP) is 5.45. The van der Waals surface area contributed by atoms with E-state index in [1.165, 1.54) is 37.7 Å². The number of ether oxygens (including phenoxy) is 1. The normalized spacial score (nSPS) is 16.6. The van der Waals surface area contributed by atoms with Crippen LogP contribution < -0.4 is 15.4 Å². The van der Waals surface area contributed by atoms with E-state index in [0.717, 1.165) is 12.8 Å². The summed E-state index contributed by atoms with van der Waals surface area (Å²) in [5, 5.41) is 6.48. The standard InChI is InChI=1S/C24H24ClF2N5O2/c1-34-21-13-19-16(24(29-14-28-19)30-15-7-8-18(26)17(25)11-15)12-20(21)31-23(33)6-4-10-32-9-3-2-5-22(32)27/h4,6-8,11-14,22H,2-3,5,9-10H2,1H3,(H,31,33)(H,28,29,30). The third kappa shape index (κ3) is 5.60. The summed E-state index contributed by atoms with van der Waals surface area (Å²) in [6, 6.07) is 7.61. The number of nitrogens with one attached hydrogen (secondary N) is 2. The summed E-state index contributed by atoms with van der Waals surface area (Å²) in [6.07, 6.45) is 5.81. The molecule has 1 fully saturated rings. The molecule has 0 saturated carbocycles. The Labute approximate surface area is 200 Å². The lowest BCUT2D eigenvalue weighted by Crippen LogP contribution is -2.36. The van der Waals surface area contributed by atoms with Crippen molar-refractivity contribution in [3.8, 4) is 5.75 Å². The van der Waals surface area contributed by atoms with E-state index in [1.807, 2.05) is 0 Å². The zero-order valence-corrected chi connectivity index (χ0v) is 19.3. The molecule has 2 aromatic carbocycles. The molecule has 1 aromatic heterocycles. The molecule has 2 heterocycles. The number of methoxy groups -OCH3 is 1. The second kappa shape index (κ2) is 10.8. The number of fused-ring (bicyclic) bond motifs is 1. The van der Waals surface area contributed by atoms with Crippen LogP contribution in [0.3, 0.4) is 0 Å². The lowest BCUT2D eigenvalue weighted by molar-refractivity contribution is -0.112. The van der Waals surface area contributed by atoms with Gasteiger partial charge in [-0.3, -0.25) is 9.69 Å². The quantitative estimate of drug-likeness (QED) is 0.341. The van der Waals surface area contributed by atoms with Crippen LogP contribution in [-0.4, -0.2) is 47.3 Å². The Bertz CT molecular complexity index is 1220. The van der Waals surface area contributed by atoms with Crippen molar-refractivity contribution in [2.24, 2.45) is 0 Å². The van der Waals surface area contributed by atoms with Gasteiger partial charge in [0.2, 0.25) is 5.91 Å². The number of alkyl halides is 1.